The van der Waals surface area contributed by atoms with Crippen molar-refractivity contribution in [1.29, 1.82) is 0 Å². The summed E-state index contributed by atoms with van der Waals surface area (Å²) in [4.78, 5) is 16.3. The molecule has 1 aliphatic heterocycles. The van der Waals surface area contributed by atoms with E-state index in [0.717, 1.165) is 57.7 Å². The summed E-state index contributed by atoms with van der Waals surface area (Å²) in [6.45, 7) is 10.1. The van der Waals surface area contributed by atoms with Crippen LogP contribution in [0.3, 0.4) is 0 Å². The average Bonchev–Trinajstić information content (AvgIpc) is 2.62. The number of ether oxygens (including phenoxy) is 1. The number of nitrogens with zero attached hydrogens (tertiary/aromatic N) is 2. The Balaban J connectivity index is 1.82. The second-order valence-corrected chi connectivity index (χ2v) is 6.85. The molecule has 0 unspecified atom stereocenters. The summed E-state index contributed by atoms with van der Waals surface area (Å²) in [5.41, 5.74) is 1.10. The highest BCUT2D eigenvalue weighted by molar-refractivity contribution is 5.97. The molecule has 2 rings (SSSR count). The minimum Gasteiger partial charge on any atom is -0.507 e. The van der Waals surface area contributed by atoms with Crippen LogP contribution in [0.1, 0.15) is 42.6 Å². The van der Waals surface area contributed by atoms with Gasteiger partial charge in [0.25, 0.3) is 0 Å². The lowest BCUT2D eigenvalue weighted by Crippen LogP contribution is -2.47. The van der Waals surface area contributed by atoms with Crippen molar-refractivity contribution in [2.75, 3.05) is 52.5 Å². The third kappa shape index (κ3) is 5.69. The Hall–Kier alpha value is -1.63. The van der Waals surface area contributed by atoms with E-state index in [-0.39, 0.29) is 18.1 Å². The largest absolute Gasteiger partial charge is 0.507 e. The van der Waals surface area contributed by atoms with Crippen molar-refractivity contribution in [2.24, 2.45) is 0 Å². The molecule has 0 saturated carbocycles. The number of ketones is 1. The van der Waals surface area contributed by atoms with E-state index >= 15 is 0 Å². The summed E-state index contributed by atoms with van der Waals surface area (Å²) in [6, 6.07) is 3.45. The number of aromatic hydroxyl groups is 1. The van der Waals surface area contributed by atoms with Gasteiger partial charge >= 0.3 is 0 Å². The smallest absolute Gasteiger partial charge is 0.163 e. The topological polar surface area (TPSA) is 73.2 Å². The average molecular weight is 364 g/mol. The molecule has 1 heterocycles. The quantitative estimate of drug-likeness (QED) is 0.488. The molecule has 1 fully saturated rings. The normalized spacial score (nSPS) is 16.0. The zero-order valence-corrected chi connectivity index (χ0v) is 16.0. The van der Waals surface area contributed by atoms with Gasteiger partial charge in [-0.1, -0.05) is 13.3 Å². The van der Waals surface area contributed by atoms with E-state index in [1.807, 2.05) is 6.92 Å². The fraction of sp³-hybridized carbons (Fsp3) is 0.650. The van der Waals surface area contributed by atoms with E-state index in [9.17, 15) is 9.90 Å². The maximum atomic E-state index is 11.6. The maximum Gasteiger partial charge on any atom is 0.163 e. The monoisotopic (exact) mass is 364 g/mol. The number of hydrogen-bond acceptors (Lipinski definition) is 6. The molecular weight excluding hydrogens is 332 g/mol. The predicted molar refractivity (Wildman–Crippen MR) is 102 cm³/mol. The SMILES string of the molecule is CCCc1c(OCCCN2CCN(CCO)CC2)ccc(C(C)=O)c1O. The number of aliphatic hydroxyl groups is 1. The highest BCUT2D eigenvalue weighted by Gasteiger charge is 2.17. The van der Waals surface area contributed by atoms with Gasteiger partial charge in [0.2, 0.25) is 0 Å². The number of phenols is 1. The zero-order chi connectivity index (χ0) is 18.9. The van der Waals surface area contributed by atoms with Crippen LogP contribution in [0.2, 0.25) is 0 Å². The van der Waals surface area contributed by atoms with Gasteiger partial charge in [-0.15, -0.1) is 0 Å². The first kappa shape index (κ1) is 20.7. The van der Waals surface area contributed by atoms with Gasteiger partial charge < -0.3 is 19.8 Å². The number of Topliss-reactive ketones (excluding diaryl/α,β-unsaturated/α-hetero) is 1. The van der Waals surface area contributed by atoms with Crippen LogP contribution in [0.5, 0.6) is 11.5 Å². The van der Waals surface area contributed by atoms with Crippen LogP contribution >= 0.6 is 0 Å². The number of aliphatic hydroxyl groups excluding tert-OH is 1. The van der Waals surface area contributed by atoms with Gasteiger partial charge in [0.15, 0.2) is 5.78 Å². The lowest BCUT2D eigenvalue weighted by atomic mass is 10.0. The van der Waals surface area contributed by atoms with Crippen LogP contribution in [-0.2, 0) is 6.42 Å². The van der Waals surface area contributed by atoms with Crippen LogP contribution in [0.4, 0.5) is 0 Å². The first-order valence-corrected chi connectivity index (χ1v) is 9.61. The van der Waals surface area contributed by atoms with Gasteiger partial charge in [-0.3, -0.25) is 9.69 Å². The fourth-order valence-corrected chi connectivity index (χ4v) is 3.38. The Morgan fingerprint density at radius 1 is 1.15 bits per heavy atom. The van der Waals surface area contributed by atoms with Gasteiger partial charge in [-0.05, 0) is 31.9 Å². The fourth-order valence-electron chi connectivity index (χ4n) is 3.38. The van der Waals surface area contributed by atoms with Crippen LogP contribution in [0.25, 0.3) is 0 Å². The molecule has 1 aromatic rings. The summed E-state index contributed by atoms with van der Waals surface area (Å²) in [5, 5.41) is 19.4. The first-order valence-electron chi connectivity index (χ1n) is 9.61. The third-order valence-corrected chi connectivity index (χ3v) is 4.88. The van der Waals surface area contributed by atoms with Crippen molar-refractivity contribution in [3.63, 3.8) is 0 Å². The molecule has 26 heavy (non-hydrogen) atoms. The summed E-state index contributed by atoms with van der Waals surface area (Å²) in [5.74, 6) is 0.616. The minimum absolute atomic E-state index is 0.0665. The molecule has 0 aromatic heterocycles. The Kier molecular flexibility index (Phi) is 8.35. The van der Waals surface area contributed by atoms with E-state index in [1.165, 1.54) is 6.92 Å². The van der Waals surface area contributed by atoms with E-state index in [4.69, 9.17) is 9.84 Å². The second kappa shape index (κ2) is 10.5. The van der Waals surface area contributed by atoms with E-state index in [2.05, 4.69) is 9.80 Å². The summed E-state index contributed by atoms with van der Waals surface area (Å²) in [7, 11) is 0. The highest BCUT2D eigenvalue weighted by atomic mass is 16.5. The molecular formula is C20H32N2O4. The summed E-state index contributed by atoms with van der Waals surface area (Å²) < 4.78 is 5.91. The van der Waals surface area contributed by atoms with E-state index in [1.54, 1.807) is 12.1 Å². The van der Waals surface area contributed by atoms with Crippen molar-refractivity contribution >= 4 is 5.78 Å². The number of carbonyl (C=O) groups excluding carboxylic acids is 1. The molecule has 1 aromatic carbocycles. The summed E-state index contributed by atoms with van der Waals surface area (Å²) >= 11 is 0. The van der Waals surface area contributed by atoms with Crippen LogP contribution in [-0.4, -0.2) is 78.3 Å². The highest BCUT2D eigenvalue weighted by Crippen LogP contribution is 2.33. The van der Waals surface area contributed by atoms with Crippen molar-refractivity contribution in [1.82, 2.24) is 9.80 Å². The number of hydrogen-bond donors (Lipinski definition) is 2. The zero-order valence-electron chi connectivity index (χ0n) is 16.0. The number of phenolic OH excluding ortho intramolecular Hbond substituents is 1. The molecule has 1 saturated heterocycles. The first-order chi connectivity index (χ1) is 12.6. The van der Waals surface area contributed by atoms with Crippen LogP contribution in [0.15, 0.2) is 12.1 Å². The molecule has 6 heteroatoms. The molecule has 0 radical (unpaired) electrons. The van der Waals surface area contributed by atoms with Gasteiger partial charge in [-0.2, -0.15) is 0 Å². The third-order valence-electron chi connectivity index (χ3n) is 4.88. The molecule has 2 N–H and O–H groups in total. The Bertz CT molecular complexity index is 583. The lowest BCUT2D eigenvalue weighted by Gasteiger charge is -2.34. The molecule has 146 valence electrons. The van der Waals surface area contributed by atoms with Crippen molar-refractivity contribution in [2.45, 2.75) is 33.1 Å². The van der Waals surface area contributed by atoms with Crippen LogP contribution < -0.4 is 4.74 Å². The van der Waals surface area contributed by atoms with Gasteiger partial charge in [0.1, 0.15) is 11.5 Å². The Morgan fingerprint density at radius 3 is 2.38 bits per heavy atom. The number of piperazine rings is 1. The number of rotatable bonds is 10. The molecule has 0 aliphatic carbocycles. The number of β-amino-alcohol motifs (C(OH)–C–C–N with tert-alkyl or cyclic N) is 1. The molecule has 0 atom stereocenters. The van der Waals surface area contributed by atoms with Crippen molar-refractivity contribution in [3.05, 3.63) is 23.3 Å². The van der Waals surface area contributed by atoms with Gasteiger partial charge in [0, 0.05) is 44.8 Å². The van der Waals surface area contributed by atoms with Crippen molar-refractivity contribution < 1.29 is 19.7 Å². The second-order valence-electron chi connectivity index (χ2n) is 6.85. The molecule has 0 spiro atoms. The Morgan fingerprint density at radius 2 is 1.81 bits per heavy atom. The number of carbonyl (C=O) groups is 1. The van der Waals surface area contributed by atoms with Crippen molar-refractivity contribution in [3.8, 4) is 11.5 Å². The molecule has 0 amide bonds. The molecule has 1 aliphatic rings. The summed E-state index contributed by atoms with van der Waals surface area (Å²) in [6.07, 6.45) is 2.49. The van der Waals surface area contributed by atoms with Gasteiger partial charge in [-0.25, -0.2) is 0 Å². The van der Waals surface area contributed by atoms with E-state index < -0.39 is 0 Å². The van der Waals surface area contributed by atoms with E-state index in [0.29, 0.717) is 24.3 Å². The minimum atomic E-state index is -0.133. The predicted octanol–water partition coefficient (Wildman–Crippen LogP) is 1.93. The standard InChI is InChI=1S/C20H32N2O4/c1-3-5-18-19(7-6-17(16(2)24)20(18)25)26-15-4-8-21-9-11-22(12-10-21)13-14-23/h6-7,23,25H,3-5,8-15H2,1-2H3. The van der Waals surface area contributed by atoms with Crippen LogP contribution in [0, 0.1) is 0 Å². The Labute approximate surface area is 156 Å². The number of benzene rings is 1. The molecule has 6 nitrogen and oxygen atoms in total. The lowest BCUT2D eigenvalue weighted by molar-refractivity contribution is 0.101. The van der Waals surface area contributed by atoms with Gasteiger partial charge in [0.05, 0.1) is 18.8 Å². The molecule has 0 bridgehead atoms. The maximum absolute atomic E-state index is 11.6.